The third-order valence-corrected chi connectivity index (χ3v) is 7.88. The van der Waals surface area contributed by atoms with Gasteiger partial charge >= 0.3 is 5.69 Å². The normalized spacial score (nSPS) is 14.7. The number of aryl methyl sites for hydroxylation is 3. The van der Waals surface area contributed by atoms with Gasteiger partial charge in [-0.05, 0) is 62.1 Å². The first kappa shape index (κ1) is 22.1. The van der Waals surface area contributed by atoms with Gasteiger partial charge in [-0.25, -0.2) is 13.2 Å². The summed E-state index contributed by atoms with van der Waals surface area (Å²) in [7, 11) is -0.797. The molecule has 1 aliphatic rings. The number of amides is 1. The van der Waals surface area contributed by atoms with Crippen molar-refractivity contribution in [3.05, 3.63) is 58.5 Å². The van der Waals surface area contributed by atoms with Crippen LogP contribution in [-0.2, 0) is 28.9 Å². The summed E-state index contributed by atoms with van der Waals surface area (Å²) in [6.07, 6.45) is 2.95. The van der Waals surface area contributed by atoms with Gasteiger partial charge < -0.3 is 4.90 Å². The number of nitrogens with zero attached hydrogens (tertiary/aromatic N) is 4. The lowest BCUT2D eigenvalue weighted by Crippen LogP contribution is -2.44. The maximum Gasteiger partial charge on any atom is 0.328 e. The number of aromatic nitrogens is 2. The molecule has 32 heavy (non-hydrogen) atoms. The number of benzene rings is 2. The number of carbonyl (C=O) groups is 1. The molecule has 1 amide bonds. The van der Waals surface area contributed by atoms with Gasteiger partial charge in [0.1, 0.15) is 6.54 Å². The Morgan fingerprint density at radius 1 is 0.969 bits per heavy atom. The summed E-state index contributed by atoms with van der Waals surface area (Å²) < 4.78 is 31.6. The Morgan fingerprint density at radius 3 is 2.34 bits per heavy atom. The van der Waals surface area contributed by atoms with Gasteiger partial charge in [-0.1, -0.05) is 12.1 Å². The number of carbonyl (C=O) groups excluding carboxylic acids is 1. The number of hydrogen-bond donors (Lipinski definition) is 0. The quantitative estimate of drug-likeness (QED) is 0.590. The fourth-order valence-corrected chi connectivity index (χ4v) is 5.67. The second kappa shape index (κ2) is 8.46. The first-order valence-electron chi connectivity index (χ1n) is 10.7. The van der Waals surface area contributed by atoms with Gasteiger partial charge in [-0.15, -0.1) is 0 Å². The zero-order chi connectivity index (χ0) is 23.0. The summed E-state index contributed by atoms with van der Waals surface area (Å²) in [5, 5.41) is 0. The van der Waals surface area contributed by atoms with Gasteiger partial charge in [0, 0.05) is 27.2 Å². The third-order valence-electron chi connectivity index (χ3n) is 6.11. The van der Waals surface area contributed by atoms with Crippen LogP contribution in [0.15, 0.2) is 52.2 Å². The molecule has 8 nitrogen and oxygen atoms in total. The molecule has 0 N–H and O–H groups in total. The molecule has 0 aliphatic carbocycles. The maximum atomic E-state index is 13.8. The van der Waals surface area contributed by atoms with Crippen LogP contribution in [0.3, 0.4) is 0 Å². The Morgan fingerprint density at radius 2 is 1.66 bits per heavy atom. The Kier molecular flexibility index (Phi) is 5.85. The van der Waals surface area contributed by atoms with Crippen molar-refractivity contribution < 1.29 is 13.2 Å². The van der Waals surface area contributed by atoms with Crippen molar-refractivity contribution in [3.8, 4) is 0 Å². The Labute approximate surface area is 187 Å². The molecule has 0 unspecified atom stereocenters. The molecule has 1 aliphatic heterocycles. The molecule has 2 aromatic carbocycles. The predicted octanol–water partition coefficient (Wildman–Crippen LogP) is 2.39. The minimum atomic E-state index is -4.06. The minimum absolute atomic E-state index is 0.0409. The molecule has 1 saturated heterocycles. The number of rotatable bonds is 5. The predicted molar refractivity (Wildman–Crippen MR) is 124 cm³/mol. The van der Waals surface area contributed by atoms with Crippen LogP contribution in [0.4, 0.5) is 5.69 Å². The Balaban J connectivity index is 1.78. The number of likely N-dealkylation sites (tertiary alicyclic amines) is 1. The van der Waals surface area contributed by atoms with E-state index in [1.165, 1.54) is 25.6 Å². The first-order valence-corrected chi connectivity index (χ1v) is 12.2. The SMILES string of the molecule is Cc1cccc(N(CC(=O)N2CCCCC2)S(=O)(=O)c2ccc3c(c2)n(C)c(=O)n3C)c1. The van der Waals surface area contributed by atoms with Crippen molar-refractivity contribution in [3.63, 3.8) is 0 Å². The Bertz CT molecular complexity index is 1330. The van der Waals surface area contributed by atoms with Crippen molar-refractivity contribution in [1.82, 2.24) is 14.0 Å². The maximum absolute atomic E-state index is 13.8. The van der Waals surface area contributed by atoms with E-state index < -0.39 is 10.0 Å². The summed E-state index contributed by atoms with van der Waals surface area (Å²) in [5.74, 6) is -0.206. The Hall–Kier alpha value is -3.07. The van der Waals surface area contributed by atoms with Gasteiger partial charge in [0.15, 0.2) is 0 Å². The monoisotopic (exact) mass is 456 g/mol. The van der Waals surface area contributed by atoms with E-state index in [9.17, 15) is 18.0 Å². The van der Waals surface area contributed by atoms with Crippen LogP contribution in [0.1, 0.15) is 24.8 Å². The number of sulfonamides is 1. The first-order chi connectivity index (χ1) is 15.2. The minimum Gasteiger partial charge on any atom is -0.341 e. The van der Waals surface area contributed by atoms with Gasteiger partial charge in [-0.3, -0.25) is 18.2 Å². The lowest BCUT2D eigenvalue weighted by Gasteiger charge is -2.30. The van der Waals surface area contributed by atoms with E-state index in [0.29, 0.717) is 29.8 Å². The van der Waals surface area contributed by atoms with Crippen LogP contribution in [0.5, 0.6) is 0 Å². The van der Waals surface area contributed by atoms with E-state index in [-0.39, 0.29) is 23.0 Å². The van der Waals surface area contributed by atoms with Crippen LogP contribution >= 0.6 is 0 Å². The second-order valence-corrected chi connectivity index (χ2v) is 10.2. The number of anilines is 1. The highest BCUT2D eigenvalue weighted by molar-refractivity contribution is 7.92. The fraction of sp³-hybridized carbons (Fsp3) is 0.391. The lowest BCUT2D eigenvalue weighted by molar-refractivity contribution is -0.130. The molecule has 0 spiro atoms. The number of fused-ring (bicyclic) bond motifs is 1. The van der Waals surface area contributed by atoms with E-state index in [2.05, 4.69) is 0 Å². The third kappa shape index (κ3) is 3.92. The highest BCUT2D eigenvalue weighted by Crippen LogP contribution is 2.27. The summed E-state index contributed by atoms with van der Waals surface area (Å²) in [6, 6.07) is 11.7. The van der Waals surface area contributed by atoms with E-state index in [1.807, 2.05) is 13.0 Å². The number of hydrogen-bond acceptors (Lipinski definition) is 4. The van der Waals surface area contributed by atoms with Crippen molar-refractivity contribution in [2.24, 2.45) is 14.1 Å². The highest BCUT2D eigenvalue weighted by Gasteiger charge is 2.30. The summed E-state index contributed by atoms with van der Waals surface area (Å²) >= 11 is 0. The van der Waals surface area contributed by atoms with E-state index in [0.717, 1.165) is 24.8 Å². The summed E-state index contributed by atoms with van der Waals surface area (Å²) in [6.45, 7) is 2.92. The van der Waals surface area contributed by atoms with Crippen molar-refractivity contribution in [2.75, 3.05) is 23.9 Å². The topological polar surface area (TPSA) is 84.6 Å². The average Bonchev–Trinajstić information content (AvgIpc) is 3.01. The van der Waals surface area contributed by atoms with Crippen LogP contribution in [0.25, 0.3) is 11.0 Å². The zero-order valence-electron chi connectivity index (χ0n) is 18.6. The largest absolute Gasteiger partial charge is 0.341 e. The van der Waals surface area contributed by atoms with E-state index in [1.54, 1.807) is 43.3 Å². The van der Waals surface area contributed by atoms with Gasteiger partial charge in [0.25, 0.3) is 10.0 Å². The second-order valence-electron chi connectivity index (χ2n) is 8.34. The number of piperidine rings is 1. The molecule has 1 fully saturated rings. The molecule has 0 saturated carbocycles. The molecule has 1 aromatic heterocycles. The molecule has 4 rings (SSSR count). The van der Waals surface area contributed by atoms with Crippen LogP contribution in [0, 0.1) is 6.92 Å². The molecular formula is C23H28N4O4S. The van der Waals surface area contributed by atoms with Crippen LogP contribution in [-0.4, -0.2) is 48.0 Å². The van der Waals surface area contributed by atoms with Crippen molar-refractivity contribution in [2.45, 2.75) is 31.1 Å². The highest BCUT2D eigenvalue weighted by atomic mass is 32.2. The molecule has 9 heteroatoms. The molecule has 3 aromatic rings. The molecule has 0 atom stereocenters. The summed E-state index contributed by atoms with van der Waals surface area (Å²) in [5.41, 5.74) is 2.27. The standard InChI is InChI=1S/C23H28N4O4S/c1-17-8-7-9-18(14-17)27(16-22(28)26-12-5-4-6-13-26)32(30,31)19-10-11-20-21(15-19)25(3)23(29)24(20)2/h7-11,14-15H,4-6,12-13,16H2,1-3H3. The summed E-state index contributed by atoms with van der Waals surface area (Å²) in [4.78, 5) is 27.1. The average molecular weight is 457 g/mol. The van der Waals surface area contributed by atoms with Gasteiger partial charge in [0.05, 0.1) is 21.6 Å². The fourth-order valence-electron chi connectivity index (χ4n) is 4.24. The van der Waals surface area contributed by atoms with E-state index in [4.69, 9.17) is 0 Å². The van der Waals surface area contributed by atoms with Crippen molar-refractivity contribution in [1.29, 1.82) is 0 Å². The zero-order valence-corrected chi connectivity index (χ0v) is 19.4. The lowest BCUT2D eigenvalue weighted by atomic mass is 10.1. The van der Waals surface area contributed by atoms with Crippen LogP contribution in [0.2, 0.25) is 0 Å². The van der Waals surface area contributed by atoms with Gasteiger partial charge in [0.2, 0.25) is 5.91 Å². The smallest absolute Gasteiger partial charge is 0.328 e. The molecule has 0 bridgehead atoms. The van der Waals surface area contributed by atoms with Crippen molar-refractivity contribution >= 4 is 32.7 Å². The molecule has 2 heterocycles. The molecule has 0 radical (unpaired) electrons. The molecule has 170 valence electrons. The van der Waals surface area contributed by atoms with Crippen LogP contribution < -0.4 is 9.99 Å². The molecular weight excluding hydrogens is 428 g/mol. The number of imidazole rings is 1. The van der Waals surface area contributed by atoms with E-state index >= 15 is 0 Å². The van der Waals surface area contributed by atoms with Gasteiger partial charge in [-0.2, -0.15) is 0 Å².